The van der Waals surface area contributed by atoms with E-state index in [1.807, 2.05) is 6.07 Å². The maximum Gasteiger partial charge on any atom is 0.414 e. The molecule has 0 aromatic heterocycles. The van der Waals surface area contributed by atoms with Gasteiger partial charge in [0.15, 0.2) is 0 Å². The number of para-hydroxylation sites is 2. The number of hydrogen-bond donors (Lipinski definition) is 0. The fraction of sp³-hybridized carbons (Fsp3) is 0.333. The van der Waals surface area contributed by atoms with Crippen LogP contribution in [0.1, 0.15) is 0 Å². The molecule has 5 nitrogen and oxygen atoms in total. The molecule has 1 atom stereocenters. The predicted molar refractivity (Wildman–Crippen MR) is 60.8 cm³/mol. The van der Waals surface area contributed by atoms with Gasteiger partial charge in [-0.2, -0.15) is 5.26 Å². The van der Waals surface area contributed by atoms with E-state index in [1.165, 1.54) is 12.0 Å². The zero-order valence-electron chi connectivity index (χ0n) is 9.42. The van der Waals surface area contributed by atoms with Crippen LogP contribution in [0.2, 0.25) is 0 Å². The van der Waals surface area contributed by atoms with Crippen molar-refractivity contribution in [1.82, 2.24) is 0 Å². The van der Waals surface area contributed by atoms with Gasteiger partial charge in [0.2, 0.25) is 0 Å². The van der Waals surface area contributed by atoms with E-state index in [1.54, 1.807) is 18.2 Å². The average molecular weight is 232 g/mol. The van der Waals surface area contributed by atoms with Gasteiger partial charge in [-0.3, -0.25) is 4.90 Å². The molecule has 1 unspecified atom stereocenters. The second-order valence-corrected chi connectivity index (χ2v) is 3.69. The zero-order chi connectivity index (χ0) is 12.3. The zero-order valence-corrected chi connectivity index (χ0v) is 9.42. The van der Waals surface area contributed by atoms with Crippen LogP contribution < -0.4 is 9.64 Å². The number of anilines is 1. The van der Waals surface area contributed by atoms with Crippen molar-refractivity contribution in [3.8, 4) is 11.8 Å². The first-order valence-corrected chi connectivity index (χ1v) is 5.23. The number of benzene rings is 1. The molecule has 1 aromatic carbocycles. The van der Waals surface area contributed by atoms with Crippen molar-refractivity contribution in [3.63, 3.8) is 0 Å². The van der Waals surface area contributed by atoms with Crippen LogP contribution in [0.5, 0.6) is 5.75 Å². The standard InChI is InChI=1S/C12H12N2O3/c1-16-11-5-3-2-4-10(11)14-7-9(6-13)8-17-12(14)15/h2-5,9H,7-8H2,1H3. The first-order chi connectivity index (χ1) is 8.26. The van der Waals surface area contributed by atoms with E-state index in [-0.39, 0.29) is 12.5 Å². The Morgan fingerprint density at radius 3 is 3.00 bits per heavy atom. The first kappa shape index (κ1) is 11.3. The number of rotatable bonds is 2. The number of nitriles is 1. The van der Waals surface area contributed by atoms with Gasteiger partial charge < -0.3 is 9.47 Å². The lowest BCUT2D eigenvalue weighted by molar-refractivity contribution is 0.127. The number of hydrogen-bond acceptors (Lipinski definition) is 4. The molecule has 1 fully saturated rings. The lowest BCUT2D eigenvalue weighted by atomic mass is 10.1. The predicted octanol–water partition coefficient (Wildman–Crippen LogP) is 1.79. The van der Waals surface area contributed by atoms with Crippen molar-refractivity contribution >= 4 is 11.8 Å². The highest BCUT2D eigenvalue weighted by Gasteiger charge is 2.29. The molecule has 1 amide bonds. The van der Waals surface area contributed by atoms with E-state index in [4.69, 9.17) is 14.7 Å². The normalized spacial score (nSPS) is 19.4. The van der Waals surface area contributed by atoms with Crippen LogP contribution in [-0.4, -0.2) is 26.4 Å². The minimum Gasteiger partial charge on any atom is -0.495 e. The minimum atomic E-state index is -0.444. The van der Waals surface area contributed by atoms with Gasteiger partial charge >= 0.3 is 6.09 Å². The van der Waals surface area contributed by atoms with E-state index >= 15 is 0 Å². The Kier molecular flexibility index (Phi) is 3.15. The third-order valence-electron chi connectivity index (χ3n) is 2.59. The third-order valence-corrected chi connectivity index (χ3v) is 2.59. The number of ether oxygens (including phenoxy) is 2. The second kappa shape index (κ2) is 4.74. The van der Waals surface area contributed by atoms with Crippen LogP contribution >= 0.6 is 0 Å². The van der Waals surface area contributed by atoms with E-state index in [2.05, 4.69) is 6.07 Å². The number of carbonyl (C=O) groups excluding carboxylic acids is 1. The van der Waals surface area contributed by atoms with E-state index in [0.717, 1.165) is 0 Å². The molecule has 1 aromatic rings. The number of cyclic esters (lactones) is 1. The molecule has 0 spiro atoms. The summed E-state index contributed by atoms with van der Waals surface area (Å²) in [6, 6.07) is 9.25. The molecule has 5 heteroatoms. The van der Waals surface area contributed by atoms with Crippen LogP contribution in [0.3, 0.4) is 0 Å². The van der Waals surface area contributed by atoms with Crippen molar-refractivity contribution in [3.05, 3.63) is 24.3 Å². The van der Waals surface area contributed by atoms with Gasteiger partial charge in [-0.05, 0) is 12.1 Å². The molecule has 17 heavy (non-hydrogen) atoms. The SMILES string of the molecule is COc1ccccc1N1CC(C#N)COC1=O. The summed E-state index contributed by atoms with van der Waals surface area (Å²) in [5.74, 6) is 0.278. The van der Waals surface area contributed by atoms with Crippen molar-refractivity contribution < 1.29 is 14.3 Å². The summed E-state index contributed by atoms with van der Waals surface area (Å²) in [7, 11) is 1.54. The molecule has 1 aliphatic heterocycles. The number of nitrogens with zero attached hydrogens (tertiary/aromatic N) is 2. The molecule has 88 valence electrons. The molecule has 1 saturated heterocycles. The van der Waals surface area contributed by atoms with E-state index in [0.29, 0.717) is 18.0 Å². The molecular weight excluding hydrogens is 220 g/mol. The Morgan fingerprint density at radius 2 is 2.29 bits per heavy atom. The number of carbonyl (C=O) groups is 1. The molecule has 0 bridgehead atoms. The van der Waals surface area contributed by atoms with Gasteiger partial charge in [-0.15, -0.1) is 0 Å². The first-order valence-electron chi connectivity index (χ1n) is 5.23. The largest absolute Gasteiger partial charge is 0.495 e. The third kappa shape index (κ3) is 2.16. The Balaban J connectivity index is 2.31. The van der Waals surface area contributed by atoms with Gasteiger partial charge in [0.05, 0.1) is 24.8 Å². The van der Waals surface area contributed by atoms with Crippen LogP contribution in [0.4, 0.5) is 10.5 Å². The van der Waals surface area contributed by atoms with Crippen molar-refractivity contribution in [2.24, 2.45) is 5.92 Å². The summed E-state index contributed by atoms with van der Waals surface area (Å²) in [5.41, 5.74) is 0.625. The lowest BCUT2D eigenvalue weighted by Gasteiger charge is -2.29. The molecule has 1 aliphatic rings. The molecule has 0 saturated carbocycles. The van der Waals surface area contributed by atoms with Gasteiger partial charge in [0.25, 0.3) is 0 Å². The second-order valence-electron chi connectivity index (χ2n) is 3.69. The quantitative estimate of drug-likeness (QED) is 0.779. The fourth-order valence-electron chi connectivity index (χ4n) is 1.72. The highest BCUT2D eigenvalue weighted by molar-refractivity contribution is 5.90. The number of amides is 1. The Morgan fingerprint density at radius 1 is 1.53 bits per heavy atom. The highest BCUT2D eigenvalue weighted by atomic mass is 16.6. The summed E-state index contributed by atoms with van der Waals surface area (Å²) in [5, 5.41) is 8.87. The molecule has 0 aliphatic carbocycles. The van der Waals surface area contributed by atoms with Crippen LogP contribution in [0, 0.1) is 17.2 Å². The van der Waals surface area contributed by atoms with Crippen LogP contribution in [0.25, 0.3) is 0 Å². The topological polar surface area (TPSA) is 62.6 Å². The maximum atomic E-state index is 11.7. The summed E-state index contributed by atoms with van der Waals surface area (Å²) >= 11 is 0. The maximum absolute atomic E-state index is 11.7. The monoisotopic (exact) mass is 232 g/mol. The van der Waals surface area contributed by atoms with E-state index in [9.17, 15) is 4.79 Å². The van der Waals surface area contributed by atoms with Crippen LogP contribution in [0.15, 0.2) is 24.3 Å². The van der Waals surface area contributed by atoms with Crippen molar-refractivity contribution in [1.29, 1.82) is 5.26 Å². The Labute approximate surface area is 99.2 Å². The summed E-state index contributed by atoms with van der Waals surface area (Å²) in [6.45, 7) is 0.483. The summed E-state index contributed by atoms with van der Waals surface area (Å²) < 4.78 is 10.1. The smallest absolute Gasteiger partial charge is 0.414 e. The van der Waals surface area contributed by atoms with Gasteiger partial charge in [0.1, 0.15) is 12.4 Å². The molecule has 0 radical (unpaired) electrons. The Bertz CT molecular complexity index is 467. The Hall–Kier alpha value is -2.22. The summed E-state index contributed by atoms with van der Waals surface area (Å²) in [4.78, 5) is 13.1. The molecular formula is C12H12N2O3. The molecule has 0 N–H and O–H groups in total. The highest BCUT2D eigenvalue weighted by Crippen LogP contribution is 2.30. The lowest BCUT2D eigenvalue weighted by Crippen LogP contribution is -2.42. The molecule has 1 heterocycles. The van der Waals surface area contributed by atoms with Crippen molar-refractivity contribution in [2.75, 3.05) is 25.2 Å². The van der Waals surface area contributed by atoms with E-state index < -0.39 is 6.09 Å². The minimum absolute atomic E-state index is 0.154. The van der Waals surface area contributed by atoms with Gasteiger partial charge in [0, 0.05) is 6.54 Å². The summed E-state index contributed by atoms with van der Waals surface area (Å²) in [6.07, 6.45) is -0.444. The van der Waals surface area contributed by atoms with Gasteiger partial charge in [-0.25, -0.2) is 4.79 Å². The molecule has 2 rings (SSSR count). The fourth-order valence-corrected chi connectivity index (χ4v) is 1.72. The van der Waals surface area contributed by atoms with Gasteiger partial charge in [-0.1, -0.05) is 12.1 Å². The number of methoxy groups -OCH3 is 1. The van der Waals surface area contributed by atoms with Crippen LogP contribution in [-0.2, 0) is 4.74 Å². The average Bonchev–Trinajstić information content (AvgIpc) is 2.39. The van der Waals surface area contributed by atoms with Crippen molar-refractivity contribution in [2.45, 2.75) is 0 Å².